The van der Waals surface area contributed by atoms with Crippen molar-refractivity contribution in [1.82, 2.24) is 14.8 Å². The molecular formula is C26H26N4OS. The molecule has 32 heavy (non-hydrogen) atoms. The predicted molar refractivity (Wildman–Crippen MR) is 131 cm³/mol. The Balaban J connectivity index is 1.46. The second-order valence-electron chi connectivity index (χ2n) is 7.60. The van der Waals surface area contributed by atoms with E-state index in [1.165, 1.54) is 17.3 Å². The maximum absolute atomic E-state index is 12.5. The van der Waals surface area contributed by atoms with Gasteiger partial charge in [-0.1, -0.05) is 86.3 Å². The molecule has 1 aromatic heterocycles. The summed E-state index contributed by atoms with van der Waals surface area (Å²) in [6.45, 7) is 4.38. The first-order valence-electron chi connectivity index (χ1n) is 10.7. The van der Waals surface area contributed by atoms with Crippen molar-refractivity contribution in [3.05, 3.63) is 90.5 Å². The number of hydrogen-bond donors (Lipinski definition) is 1. The molecule has 0 radical (unpaired) electrons. The molecule has 0 saturated heterocycles. The van der Waals surface area contributed by atoms with Gasteiger partial charge in [-0.25, -0.2) is 9.67 Å². The van der Waals surface area contributed by atoms with Gasteiger partial charge in [-0.15, -0.1) is 5.10 Å². The van der Waals surface area contributed by atoms with E-state index in [0.29, 0.717) is 11.1 Å². The summed E-state index contributed by atoms with van der Waals surface area (Å²) in [4.78, 5) is 17.2. The molecule has 1 N–H and O–H groups in total. The van der Waals surface area contributed by atoms with Crippen molar-refractivity contribution in [2.24, 2.45) is 0 Å². The summed E-state index contributed by atoms with van der Waals surface area (Å²) in [6, 6.07) is 27.9. The second kappa shape index (κ2) is 10.3. The molecule has 0 spiro atoms. The highest BCUT2D eigenvalue weighted by molar-refractivity contribution is 7.99. The van der Waals surface area contributed by atoms with E-state index in [1.54, 1.807) is 0 Å². The standard InChI is InChI=1S/C26H26N4OS/c1-3-19(2)20-14-16-22(17-15-20)27-24(31)18-32-26-28-25(21-10-6-4-7-11-21)30(29-26)23-12-8-5-9-13-23/h4-17,19H,3,18H2,1-2H3,(H,27,31). The van der Waals surface area contributed by atoms with Crippen LogP contribution in [0.25, 0.3) is 17.1 Å². The van der Waals surface area contributed by atoms with Crippen molar-refractivity contribution in [2.45, 2.75) is 31.3 Å². The lowest BCUT2D eigenvalue weighted by Gasteiger charge is -2.10. The van der Waals surface area contributed by atoms with E-state index < -0.39 is 0 Å². The lowest BCUT2D eigenvalue weighted by atomic mass is 9.99. The molecule has 4 aromatic rings. The summed E-state index contributed by atoms with van der Waals surface area (Å²) in [5, 5.41) is 8.19. The number of nitrogens with zero attached hydrogens (tertiary/aromatic N) is 3. The molecule has 162 valence electrons. The quantitative estimate of drug-likeness (QED) is 0.331. The van der Waals surface area contributed by atoms with Gasteiger partial charge < -0.3 is 5.32 Å². The van der Waals surface area contributed by atoms with E-state index in [0.717, 1.165) is 29.2 Å². The summed E-state index contributed by atoms with van der Waals surface area (Å²) in [5.41, 5.74) is 3.98. The van der Waals surface area contributed by atoms with E-state index in [9.17, 15) is 4.79 Å². The maximum atomic E-state index is 12.5. The number of thioether (sulfide) groups is 1. The van der Waals surface area contributed by atoms with E-state index in [-0.39, 0.29) is 11.7 Å². The zero-order valence-electron chi connectivity index (χ0n) is 18.2. The summed E-state index contributed by atoms with van der Waals surface area (Å²) >= 11 is 1.33. The number of hydrogen-bond acceptors (Lipinski definition) is 4. The fourth-order valence-electron chi connectivity index (χ4n) is 3.34. The first-order valence-corrected chi connectivity index (χ1v) is 11.7. The number of carbonyl (C=O) groups excluding carboxylic acids is 1. The van der Waals surface area contributed by atoms with Gasteiger partial charge in [-0.05, 0) is 42.2 Å². The minimum atomic E-state index is -0.0800. The molecule has 5 nitrogen and oxygen atoms in total. The monoisotopic (exact) mass is 442 g/mol. The van der Waals surface area contributed by atoms with E-state index in [4.69, 9.17) is 4.98 Å². The van der Waals surface area contributed by atoms with Crippen LogP contribution in [0.1, 0.15) is 31.7 Å². The Labute approximate surface area is 192 Å². The molecular weight excluding hydrogens is 416 g/mol. The van der Waals surface area contributed by atoms with Crippen molar-refractivity contribution in [3.63, 3.8) is 0 Å². The zero-order chi connectivity index (χ0) is 22.3. The average molecular weight is 443 g/mol. The minimum absolute atomic E-state index is 0.0800. The molecule has 6 heteroatoms. The Morgan fingerprint density at radius 3 is 2.28 bits per heavy atom. The Bertz CT molecular complexity index is 1100. The molecule has 1 atom stereocenters. The van der Waals surface area contributed by atoms with Crippen LogP contribution in [0.2, 0.25) is 0 Å². The molecule has 0 fully saturated rings. The third kappa shape index (κ3) is 5.26. The molecule has 0 saturated carbocycles. The van der Waals surface area contributed by atoms with Crippen LogP contribution in [0.4, 0.5) is 5.69 Å². The van der Waals surface area contributed by atoms with Crippen LogP contribution in [0, 0.1) is 0 Å². The Morgan fingerprint density at radius 1 is 0.969 bits per heavy atom. The van der Waals surface area contributed by atoms with Crippen LogP contribution in [0.3, 0.4) is 0 Å². The topological polar surface area (TPSA) is 59.8 Å². The number of para-hydroxylation sites is 1. The third-order valence-electron chi connectivity index (χ3n) is 5.33. The summed E-state index contributed by atoms with van der Waals surface area (Å²) < 4.78 is 1.82. The second-order valence-corrected chi connectivity index (χ2v) is 8.54. The normalized spacial score (nSPS) is 11.8. The highest BCUT2D eigenvalue weighted by Crippen LogP contribution is 2.25. The summed E-state index contributed by atoms with van der Waals surface area (Å²) in [7, 11) is 0. The molecule has 0 aliphatic carbocycles. The molecule has 0 bridgehead atoms. The van der Waals surface area contributed by atoms with Gasteiger partial charge in [0.05, 0.1) is 11.4 Å². The molecule has 0 aliphatic heterocycles. The van der Waals surface area contributed by atoms with Gasteiger partial charge in [0.25, 0.3) is 0 Å². The van der Waals surface area contributed by atoms with Crippen LogP contribution in [0.15, 0.2) is 90.1 Å². The average Bonchev–Trinajstić information content (AvgIpc) is 3.28. The predicted octanol–water partition coefficient (Wildman–Crippen LogP) is 6.18. The van der Waals surface area contributed by atoms with Gasteiger partial charge in [0.2, 0.25) is 11.1 Å². The number of nitrogens with one attached hydrogen (secondary N) is 1. The first-order chi connectivity index (χ1) is 15.6. The lowest BCUT2D eigenvalue weighted by Crippen LogP contribution is -2.14. The van der Waals surface area contributed by atoms with Gasteiger partial charge in [0.15, 0.2) is 5.82 Å². The van der Waals surface area contributed by atoms with Crippen molar-refractivity contribution in [2.75, 3.05) is 11.1 Å². The molecule has 4 rings (SSSR count). The fourth-order valence-corrected chi connectivity index (χ4v) is 3.96. The number of amides is 1. The van der Waals surface area contributed by atoms with Gasteiger partial charge >= 0.3 is 0 Å². The third-order valence-corrected chi connectivity index (χ3v) is 6.17. The van der Waals surface area contributed by atoms with Gasteiger partial charge in [-0.2, -0.15) is 0 Å². The van der Waals surface area contributed by atoms with Crippen molar-refractivity contribution in [1.29, 1.82) is 0 Å². The Kier molecular flexibility index (Phi) is 7.02. The maximum Gasteiger partial charge on any atom is 0.234 e. The molecule has 0 aliphatic rings. The van der Waals surface area contributed by atoms with E-state index >= 15 is 0 Å². The van der Waals surface area contributed by atoms with Crippen molar-refractivity contribution in [3.8, 4) is 17.1 Å². The van der Waals surface area contributed by atoms with Crippen LogP contribution in [-0.4, -0.2) is 26.4 Å². The van der Waals surface area contributed by atoms with Gasteiger partial charge in [-0.3, -0.25) is 4.79 Å². The van der Waals surface area contributed by atoms with Crippen LogP contribution >= 0.6 is 11.8 Å². The number of aromatic nitrogens is 3. The molecule has 1 unspecified atom stereocenters. The van der Waals surface area contributed by atoms with E-state index in [2.05, 4.69) is 36.4 Å². The number of benzene rings is 3. The summed E-state index contributed by atoms with van der Waals surface area (Å²) in [5.74, 6) is 1.42. The minimum Gasteiger partial charge on any atom is -0.325 e. The molecule has 3 aromatic carbocycles. The molecule has 1 heterocycles. The SMILES string of the molecule is CCC(C)c1ccc(NC(=O)CSc2nc(-c3ccccc3)n(-c3ccccc3)n2)cc1. The number of rotatable bonds is 8. The smallest absolute Gasteiger partial charge is 0.234 e. The highest BCUT2D eigenvalue weighted by atomic mass is 32.2. The van der Waals surface area contributed by atoms with Crippen LogP contribution < -0.4 is 5.32 Å². The number of carbonyl (C=O) groups is 1. The van der Waals surface area contributed by atoms with Crippen LogP contribution in [-0.2, 0) is 4.79 Å². The lowest BCUT2D eigenvalue weighted by molar-refractivity contribution is -0.113. The Hall–Kier alpha value is -3.38. The van der Waals surface area contributed by atoms with Gasteiger partial charge in [0.1, 0.15) is 0 Å². The molecule has 1 amide bonds. The van der Waals surface area contributed by atoms with Crippen molar-refractivity contribution >= 4 is 23.4 Å². The summed E-state index contributed by atoms with van der Waals surface area (Å²) in [6.07, 6.45) is 1.09. The van der Waals surface area contributed by atoms with E-state index in [1.807, 2.05) is 77.5 Å². The van der Waals surface area contributed by atoms with Crippen LogP contribution in [0.5, 0.6) is 0 Å². The first kappa shape index (κ1) is 21.8. The Morgan fingerprint density at radius 2 is 1.62 bits per heavy atom. The largest absolute Gasteiger partial charge is 0.325 e. The van der Waals surface area contributed by atoms with Gasteiger partial charge in [0, 0.05) is 11.3 Å². The zero-order valence-corrected chi connectivity index (χ0v) is 19.0. The fraction of sp³-hybridized carbons (Fsp3) is 0.192. The van der Waals surface area contributed by atoms with Crippen molar-refractivity contribution < 1.29 is 4.79 Å². The highest BCUT2D eigenvalue weighted by Gasteiger charge is 2.15. The number of anilines is 1.